The quantitative estimate of drug-likeness (QED) is 0.597. The number of hydrogen-bond acceptors (Lipinski definition) is 6. The van der Waals surface area contributed by atoms with E-state index < -0.39 is 24.5 Å². The van der Waals surface area contributed by atoms with Gasteiger partial charge in [0.05, 0.1) is 6.54 Å². The summed E-state index contributed by atoms with van der Waals surface area (Å²) in [5.41, 5.74) is 0. The van der Waals surface area contributed by atoms with Gasteiger partial charge < -0.3 is 14.8 Å². The van der Waals surface area contributed by atoms with Crippen molar-refractivity contribution in [2.75, 3.05) is 13.2 Å². The minimum absolute atomic E-state index is 0.316. The molecule has 0 saturated carbocycles. The number of urea groups is 1. The van der Waals surface area contributed by atoms with E-state index in [4.69, 9.17) is 9.47 Å². The van der Waals surface area contributed by atoms with Crippen LogP contribution in [-0.4, -0.2) is 31.1 Å². The number of amides is 3. The first kappa shape index (κ1) is 19.4. The number of esters is 1. The van der Waals surface area contributed by atoms with Crippen molar-refractivity contribution in [2.24, 2.45) is 0 Å². The van der Waals surface area contributed by atoms with Gasteiger partial charge in [-0.25, -0.2) is 9.59 Å². The Bertz CT molecular complexity index is 972. The van der Waals surface area contributed by atoms with E-state index in [-0.39, 0.29) is 6.61 Å². The Labute approximate surface area is 165 Å². The van der Waals surface area contributed by atoms with Crippen LogP contribution in [0.15, 0.2) is 60.0 Å². The topological polar surface area (TPSA) is 93.7 Å². The lowest BCUT2D eigenvalue weighted by Gasteiger charge is -2.08. The summed E-state index contributed by atoms with van der Waals surface area (Å²) < 4.78 is 10.2. The van der Waals surface area contributed by atoms with Crippen LogP contribution in [0.3, 0.4) is 0 Å². The molecule has 8 heteroatoms. The summed E-state index contributed by atoms with van der Waals surface area (Å²) in [5.74, 6) is -0.905. The normalized spacial score (nSPS) is 10.3. The van der Waals surface area contributed by atoms with Gasteiger partial charge in [0.25, 0.3) is 5.91 Å². The number of rotatable bonds is 7. The van der Waals surface area contributed by atoms with Crippen LogP contribution in [0, 0.1) is 0 Å². The molecule has 0 spiro atoms. The van der Waals surface area contributed by atoms with Gasteiger partial charge in [0.2, 0.25) is 0 Å². The van der Waals surface area contributed by atoms with E-state index in [1.54, 1.807) is 6.07 Å². The second kappa shape index (κ2) is 9.52. The van der Waals surface area contributed by atoms with E-state index in [0.29, 0.717) is 12.3 Å². The van der Waals surface area contributed by atoms with Gasteiger partial charge in [-0.1, -0.05) is 36.4 Å². The molecule has 0 atom stereocenters. The summed E-state index contributed by atoms with van der Waals surface area (Å²) in [4.78, 5) is 35.9. The number of ether oxygens (including phenoxy) is 2. The van der Waals surface area contributed by atoms with E-state index in [0.717, 1.165) is 15.6 Å². The molecular formula is C20H18N2O5S. The maximum absolute atomic E-state index is 11.7. The van der Waals surface area contributed by atoms with Gasteiger partial charge in [-0.2, -0.15) is 0 Å². The Morgan fingerprint density at radius 3 is 2.54 bits per heavy atom. The van der Waals surface area contributed by atoms with Crippen molar-refractivity contribution in [3.05, 3.63) is 64.9 Å². The van der Waals surface area contributed by atoms with Gasteiger partial charge in [-0.15, -0.1) is 11.3 Å². The Morgan fingerprint density at radius 1 is 0.929 bits per heavy atom. The highest BCUT2D eigenvalue weighted by Gasteiger charge is 2.11. The predicted molar refractivity (Wildman–Crippen MR) is 105 cm³/mol. The van der Waals surface area contributed by atoms with Gasteiger partial charge in [0.15, 0.2) is 13.2 Å². The van der Waals surface area contributed by atoms with Gasteiger partial charge in [0, 0.05) is 4.88 Å². The molecule has 0 bridgehead atoms. The SMILES string of the molecule is O=C(COC(=O)COc1ccc2ccccc2c1)NC(=O)NCc1cccs1. The first-order valence-electron chi connectivity index (χ1n) is 8.47. The van der Waals surface area contributed by atoms with Crippen LogP contribution in [0.5, 0.6) is 5.75 Å². The third-order valence-corrected chi connectivity index (χ3v) is 4.57. The van der Waals surface area contributed by atoms with E-state index in [1.165, 1.54) is 11.3 Å². The lowest BCUT2D eigenvalue weighted by atomic mass is 10.1. The number of carbonyl (C=O) groups excluding carboxylic acids is 3. The second-order valence-corrected chi connectivity index (χ2v) is 6.80. The average Bonchev–Trinajstić information content (AvgIpc) is 3.22. The average molecular weight is 398 g/mol. The molecule has 3 amide bonds. The van der Waals surface area contributed by atoms with Crippen LogP contribution in [0.2, 0.25) is 0 Å². The Morgan fingerprint density at radius 2 is 1.75 bits per heavy atom. The summed E-state index contributed by atoms with van der Waals surface area (Å²) >= 11 is 1.49. The third kappa shape index (κ3) is 5.82. The molecule has 0 unspecified atom stereocenters. The van der Waals surface area contributed by atoms with Gasteiger partial charge in [0.1, 0.15) is 5.75 Å². The molecule has 28 heavy (non-hydrogen) atoms. The van der Waals surface area contributed by atoms with Crippen molar-refractivity contribution < 1.29 is 23.9 Å². The first-order valence-corrected chi connectivity index (χ1v) is 9.35. The lowest BCUT2D eigenvalue weighted by molar-refractivity contribution is -0.150. The molecule has 0 aliphatic rings. The Balaban J connectivity index is 1.36. The monoisotopic (exact) mass is 398 g/mol. The fourth-order valence-corrected chi connectivity index (χ4v) is 3.02. The molecule has 2 N–H and O–H groups in total. The van der Waals surface area contributed by atoms with Gasteiger partial charge >= 0.3 is 12.0 Å². The number of thiophene rings is 1. The van der Waals surface area contributed by atoms with E-state index in [2.05, 4.69) is 10.6 Å². The molecule has 0 fully saturated rings. The molecule has 3 rings (SSSR count). The molecule has 0 aliphatic carbocycles. The van der Waals surface area contributed by atoms with Crippen molar-refractivity contribution in [1.29, 1.82) is 0 Å². The minimum Gasteiger partial charge on any atom is -0.482 e. The van der Waals surface area contributed by atoms with Crippen LogP contribution in [-0.2, 0) is 20.9 Å². The van der Waals surface area contributed by atoms with Crippen molar-refractivity contribution >= 4 is 40.0 Å². The smallest absolute Gasteiger partial charge is 0.344 e. The van der Waals surface area contributed by atoms with Crippen molar-refractivity contribution in [1.82, 2.24) is 10.6 Å². The molecule has 1 aromatic heterocycles. The van der Waals surface area contributed by atoms with Crippen LogP contribution in [0.4, 0.5) is 4.79 Å². The van der Waals surface area contributed by atoms with E-state index in [1.807, 2.05) is 53.9 Å². The van der Waals surface area contributed by atoms with Crippen LogP contribution < -0.4 is 15.4 Å². The number of fused-ring (bicyclic) bond motifs is 1. The molecule has 7 nitrogen and oxygen atoms in total. The fourth-order valence-electron chi connectivity index (χ4n) is 2.37. The van der Waals surface area contributed by atoms with Crippen LogP contribution in [0.1, 0.15) is 4.88 Å². The summed E-state index contributed by atoms with van der Waals surface area (Å²) in [5, 5.41) is 8.57. The number of hydrogen-bond donors (Lipinski definition) is 2. The highest BCUT2D eigenvalue weighted by Crippen LogP contribution is 2.20. The van der Waals surface area contributed by atoms with Gasteiger partial charge in [-0.05, 0) is 34.4 Å². The molecule has 0 radical (unpaired) electrons. The molecule has 3 aromatic rings. The minimum atomic E-state index is -0.720. The molecule has 144 valence electrons. The highest BCUT2D eigenvalue weighted by molar-refractivity contribution is 7.09. The first-order chi connectivity index (χ1) is 13.6. The number of carbonyl (C=O) groups is 3. The predicted octanol–water partition coefficient (Wildman–Crippen LogP) is 2.85. The second-order valence-electron chi connectivity index (χ2n) is 5.77. The molecular weight excluding hydrogens is 380 g/mol. The largest absolute Gasteiger partial charge is 0.482 e. The molecule has 1 heterocycles. The van der Waals surface area contributed by atoms with E-state index in [9.17, 15) is 14.4 Å². The highest BCUT2D eigenvalue weighted by atomic mass is 32.1. The Hall–Kier alpha value is -3.39. The number of nitrogens with one attached hydrogen (secondary N) is 2. The summed E-state index contributed by atoms with van der Waals surface area (Å²) in [6.07, 6.45) is 0. The fraction of sp³-hybridized carbons (Fsp3) is 0.150. The van der Waals surface area contributed by atoms with Crippen LogP contribution in [0.25, 0.3) is 10.8 Å². The Kier molecular flexibility index (Phi) is 6.59. The van der Waals surface area contributed by atoms with Crippen molar-refractivity contribution in [2.45, 2.75) is 6.54 Å². The summed E-state index contributed by atoms with van der Waals surface area (Å²) in [6.45, 7) is -0.585. The zero-order chi connectivity index (χ0) is 19.8. The standard InChI is InChI=1S/C20H18N2O5S/c23-18(22-20(25)21-11-17-6-3-9-28-17)12-27-19(24)13-26-16-8-7-14-4-1-2-5-15(14)10-16/h1-10H,11-13H2,(H2,21,22,23,25). The zero-order valence-corrected chi connectivity index (χ0v) is 15.7. The van der Waals surface area contributed by atoms with Crippen molar-refractivity contribution in [3.8, 4) is 5.75 Å². The summed E-state index contributed by atoms with van der Waals surface area (Å²) in [7, 11) is 0. The maximum atomic E-state index is 11.7. The number of benzene rings is 2. The number of imide groups is 1. The summed E-state index contributed by atoms with van der Waals surface area (Å²) in [6, 6.07) is 16.3. The maximum Gasteiger partial charge on any atom is 0.344 e. The third-order valence-electron chi connectivity index (χ3n) is 3.70. The molecule has 0 aliphatic heterocycles. The molecule has 0 saturated heterocycles. The zero-order valence-electron chi connectivity index (χ0n) is 14.8. The van der Waals surface area contributed by atoms with Crippen LogP contribution >= 0.6 is 11.3 Å². The lowest BCUT2D eigenvalue weighted by Crippen LogP contribution is -2.41. The van der Waals surface area contributed by atoms with E-state index >= 15 is 0 Å². The molecule has 2 aromatic carbocycles. The van der Waals surface area contributed by atoms with Gasteiger partial charge in [-0.3, -0.25) is 10.1 Å². The van der Waals surface area contributed by atoms with Crippen molar-refractivity contribution in [3.63, 3.8) is 0 Å².